The highest BCUT2D eigenvalue weighted by Gasteiger charge is 2.38. The van der Waals surface area contributed by atoms with Gasteiger partial charge in [0, 0.05) is 13.1 Å². The van der Waals surface area contributed by atoms with Gasteiger partial charge in [-0.25, -0.2) is 0 Å². The molecule has 102 valence electrons. The first kappa shape index (κ1) is 13.1. The number of alkyl halides is 3. The highest BCUT2D eigenvalue weighted by atomic mass is 19.4. The van der Waals surface area contributed by atoms with Crippen molar-refractivity contribution in [2.24, 2.45) is 7.05 Å². The minimum Gasteiger partial charge on any atom is -0.495 e. The standard InChI is InChI=1S/C10H9F3N4O2/c1-17-5-7(9(16-17)10(11,12)13)19-8-3-6(18-2)4-14-15-8/h3-5H,1-2H3. The lowest BCUT2D eigenvalue weighted by Gasteiger charge is -2.07. The lowest BCUT2D eigenvalue weighted by Crippen LogP contribution is -2.08. The summed E-state index contributed by atoms with van der Waals surface area (Å²) in [7, 11) is 2.76. The maximum atomic E-state index is 12.7. The number of nitrogens with zero attached hydrogens (tertiary/aromatic N) is 4. The molecule has 0 unspecified atom stereocenters. The van der Waals surface area contributed by atoms with Crippen molar-refractivity contribution >= 4 is 0 Å². The van der Waals surface area contributed by atoms with Gasteiger partial charge in [0.25, 0.3) is 0 Å². The van der Waals surface area contributed by atoms with E-state index in [9.17, 15) is 13.2 Å². The Morgan fingerprint density at radius 2 is 2.05 bits per heavy atom. The summed E-state index contributed by atoms with van der Waals surface area (Å²) in [5.74, 6) is -0.238. The molecule has 0 aromatic carbocycles. The number of aromatic nitrogens is 4. The highest BCUT2D eigenvalue weighted by Crippen LogP contribution is 2.36. The van der Waals surface area contributed by atoms with Crippen LogP contribution in [0.25, 0.3) is 0 Å². The molecule has 9 heteroatoms. The third kappa shape index (κ3) is 2.92. The van der Waals surface area contributed by atoms with E-state index in [2.05, 4.69) is 15.3 Å². The maximum Gasteiger partial charge on any atom is 0.438 e. The summed E-state index contributed by atoms with van der Waals surface area (Å²) >= 11 is 0. The molecule has 0 fully saturated rings. The summed E-state index contributed by atoms with van der Waals surface area (Å²) in [6.45, 7) is 0. The molecule has 2 heterocycles. The van der Waals surface area contributed by atoms with Crippen LogP contribution in [0.3, 0.4) is 0 Å². The number of ether oxygens (including phenoxy) is 2. The average Bonchev–Trinajstić information content (AvgIpc) is 2.70. The fourth-order valence-corrected chi connectivity index (χ4v) is 1.34. The Morgan fingerprint density at radius 1 is 1.32 bits per heavy atom. The number of aryl methyl sites for hydroxylation is 1. The van der Waals surface area contributed by atoms with Crippen LogP contribution in [-0.4, -0.2) is 27.1 Å². The number of hydrogen-bond acceptors (Lipinski definition) is 5. The fraction of sp³-hybridized carbons (Fsp3) is 0.300. The fourth-order valence-electron chi connectivity index (χ4n) is 1.34. The minimum atomic E-state index is -4.61. The molecule has 0 aliphatic heterocycles. The normalized spacial score (nSPS) is 11.4. The molecule has 19 heavy (non-hydrogen) atoms. The quantitative estimate of drug-likeness (QED) is 0.857. The second kappa shape index (κ2) is 4.75. The topological polar surface area (TPSA) is 62.1 Å². The molecule has 0 aliphatic carbocycles. The first-order valence-electron chi connectivity index (χ1n) is 5.05. The van der Waals surface area contributed by atoms with Crippen LogP contribution >= 0.6 is 0 Å². The molecule has 0 amide bonds. The molecular weight excluding hydrogens is 265 g/mol. The number of halogens is 3. The molecule has 0 aliphatic rings. The van der Waals surface area contributed by atoms with Gasteiger partial charge in [0.1, 0.15) is 5.75 Å². The van der Waals surface area contributed by atoms with Crippen LogP contribution < -0.4 is 9.47 Å². The van der Waals surface area contributed by atoms with Gasteiger partial charge in [0.05, 0.1) is 19.5 Å². The van der Waals surface area contributed by atoms with Crippen molar-refractivity contribution in [1.29, 1.82) is 0 Å². The Morgan fingerprint density at radius 3 is 2.68 bits per heavy atom. The molecule has 6 nitrogen and oxygen atoms in total. The number of hydrogen-bond donors (Lipinski definition) is 0. The van der Waals surface area contributed by atoms with Crippen LogP contribution in [0, 0.1) is 0 Å². The van der Waals surface area contributed by atoms with Crippen LogP contribution in [0.15, 0.2) is 18.5 Å². The van der Waals surface area contributed by atoms with E-state index in [1.165, 1.54) is 26.4 Å². The van der Waals surface area contributed by atoms with Crippen molar-refractivity contribution in [3.63, 3.8) is 0 Å². The van der Waals surface area contributed by atoms with E-state index >= 15 is 0 Å². The van der Waals surface area contributed by atoms with Gasteiger partial charge >= 0.3 is 6.18 Å². The Kier molecular flexibility index (Phi) is 3.28. The van der Waals surface area contributed by atoms with E-state index in [-0.39, 0.29) is 5.88 Å². The Balaban J connectivity index is 2.32. The van der Waals surface area contributed by atoms with Crippen LogP contribution in [0.4, 0.5) is 13.2 Å². The third-order valence-electron chi connectivity index (χ3n) is 2.12. The summed E-state index contributed by atoms with van der Waals surface area (Å²) in [6.07, 6.45) is -2.20. The second-order valence-electron chi connectivity index (χ2n) is 3.55. The van der Waals surface area contributed by atoms with Crippen LogP contribution in [0.5, 0.6) is 17.4 Å². The SMILES string of the molecule is COc1cnnc(Oc2cn(C)nc2C(F)(F)F)c1. The van der Waals surface area contributed by atoms with Gasteiger partial charge in [-0.2, -0.15) is 23.4 Å². The molecule has 2 rings (SSSR count). The van der Waals surface area contributed by atoms with E-state index < -0.39 is 17.6 Å². The van der Waals surface area contributed by atoms with Crippen LogP contribution in [0.2, 0.25) is 0 Å². The molecule has 0 bridgehead atoms. The smallest absolute Gasteiger partial charge is 0.438 e. The van der Waals surface area contributed by atoms with Crippen molar-refractivity contribution in [1.82, 2.24) is 20.0 Å². The van der Waals surface area contributed by atoms with E-state index in [0.717, 1.165) is 10.9 Å². The van der Waals surface area contributed by atoms with Gasteiger partial charge in [0.15, 0.2) is 5.75 Å². The predicted octanol–water partition coefficient (Wildman–Crippen LogP) is 2.03. The van der Waals surface area contributed by atoms with Gasteiger partial charge in [-0.3, -0.25) is 4.68 Å². The number of rotatable bonds is 3. The Labute approximate surface area is 105 Å². The monoisotopic (exact) mass is 274 g/mol. The molecule has 0 saturated carbocycles. The zero-order valence-electron chi connectivity index (χ0n) is 9.97. The zero-order chi connectivity index (χ0) is 14.0. The Bertz CT molecular complexity index is 582. The minimum absolute atomic E-state index is 0.113. The molecular formula is C10H9F3N4O2. The summed E-state index contributed by atoms with van der Waals surface area (Å²) < 4.78 is 49.0. The molecule has 0 radical (unpaired) electrons. The van der Waals surface area contributed by atoms with Gasteiger partial charge in [-0.05, 0) is 0 Å². The second-order valence-corrected chi connectivity index (χ2v) is 3.55. The number of methoxy groups -OCH3 is 1. The van der Waals surface area contributed by atoms with Crippen molar-refractivity contribution in [2.45, 2.75) is 6.18 Å². The largest absolute Gasteiger partial charge is 0.495 e. The van der Waals surface area contributed by atoms with Crippen molar-refractivity contribution in [2.75, 3.05) is 7.11 Å². The summed E-state index contributed by atoms with van der Waals surface area (Å²) in [5, 5.41) is 10.4. The van der Waals surface area contributed by atoms with Gasteiger partial charge in [-0.15, -0.1) is 5.10 Å². The van der Waals surface area contributed by atoms with Gasteiger partial charge in [-0.1, -0.05) is 0 Å². The van der Waals surface area contributed by atoms with Gasteiger partial charge in [0.2, 0.25) is 11.6 Å². The van der Waals surface area contributed by atoms with E-state index in [4.69, 9.17) is 9.47 Å². The highest BCUT2D eigenvalue weighted by molar-refractivity contribution is 5.32. The molecule has 0 saturated heterocycles. The summed E-state index contributed by atoms with van der Waals surface area (Å²) in [5.41, 5.74) is -1.13. The van der Waals surface area contributed by atoms with Crippen molar-refractivity contribution in [3.05, 3.63) is 24.2 Å². The van der Waals surface area contributed by atoms with Crippen LogP contribution in [-0.2, 0) is 13.2 Å². The molecule has 0 N–H and O–H groups in total. The third-order valence-corrected chi connectivity index (χ3v) is 2.12. The van der Waals surface area contributed by atoms with Crippen molar-refractivity contribution < 1.29 is 22.6 Å². The van der Waals surface area contributed by atoms with Gasteiger partial charge < -0.3 is 9.47 Å². The summed E-state index contributed by atoms with van der Waals surface area (Å²) in [4.78, 5) is 0. The molecule has 0 atom stereocenters. The molecule has 2 aromatic heterocycles. The van der Waals surface area contributed by atoms with E-state index in [1.807, 2.05) is 0 Å². The zero-order valence-corrected chi connectivity index (χ0v) is 9.97. The molecule has 0 spiro atoms. The lowest BCUT2D eigenvalue weighted by molar-refractivity contribution is -0.142. The first-order chi connectivity index (χ1) is 8.90. The summed E-state index contributed by atoms with van der Waals surface area (Å²) in [6, 6.07) is 1.32. The average molecular weight is 274 g/mol. The Hall–Kier alpha value is -2.32. The lowest BCUT2D eigenvalue weighted by atomic mass is 10.4. The van der Waals surface area contributed by atoms with E-state index in [0.29, 0.717) is 5.75 Å². The first-order valence-corrected chi connectivity index (χ1v) is 5.05. The predicted molar refractivity (Wildman–Crippen MR) is 56.9 cm³/mol. The maximum absolute atomic E-state index is 12.7. The molecule has 2 aromatic rings. The van der Waals surface area contributed by atoms with E-state index in [1.54, 1.807) is 0 Å². The van der Waals surface area contributed by atoms with Crippen molar-refractivity contribution in [3.8, 4) is 17.4 Å². The van der Waals surface area contributed by atoms with Crippen LogP contribution in [0.1, 0.15) is 5.69 Å².